The summed E-state index contributed by atoms with van der Waals surface area (Å²) in [6.45, 7) is 5.29. The molecule has 2 aliphatic rings. The molecule has 1 aliphatic heterocycles. The van der Waals surface area contributed by atoms with Crippen LogP contribution in [0.1, 0.15) is 59.0 Å². The number of piperidine rings is 1. The van der Waals surface area contributed by atoms with E-state index < -0.39 is 5.82 Å². The summed E-state index contributed by atoms with van der Waals surface area (Å²) in [5, 5.41) is 11.1. The molecule has 1 saturated carbocycles. The molecule has 2 fully saturated rings. The van der Waals surface area contributed by atoms with Crippen molar-refractivity contribution in [2.45, 2.75) is 45.6 Å². The largest absolute Gasteiger partial charge is 0.349 e. The van der Waals surface area contributed by atoms with Gasteiger partial charge in [0.15, 0.2) is 5.69 Å². The second kappa shape index (κ2) is 7.89. The molecule has 2 aromatic rings. The SMILES string of the molecule is Cc1c(F)cc(C(=O)NC2CC2)cc1-c1ccc(C(=O)N2CCC(C)CC2)nn1. The second-order valence-electron chi connectivity index (χ2n) is 8.16. The zero-order chi connectivity index (χ0) is 20.5. The topological polar surface area (TPSA) is 75.2 Å². The highest BCUT2D eigenvalue weighted by atomic mass is 19.1. The van der Waals surface area contributed by atoms with E-state index in [-0.39, 0.29) is 29.1 Å². The number of hydrogen-bond donors (Lipinski definition) is 1. The summed E-state index contributed by atoms with van der Waals surface area (Å²) < 4.78 is 14.4. The summed E-state index contributed by atoms with van der Waals surface area (Å²) in [7, 11) is 0. The lowest BCUT2D eigenvalue weighted by Crippen LogP contribution is -2.38. The minimum Gasteiger partial charge on any atom is -0.349 e. The zero-order valence-corrected chi connectivity index (χ0v) is 16.7. The van der Waals surface area contributed by atoms with E-state index in [1.807, 2.05) is 0 Å². The first kappa shape index (κ1) is 19.5. The lowest BCUT2D eigenvalue weighted by atomic mass is 9.99. The number of carbonyl (C=O) groups excluding carboxylic acids is 2. The van der Waals surface area contributed by atoms with Crippen LogP contribution in [0.15, 0.2) is 24.3 Å². The second-order valence-corrected chi connectivity index (χ2v) is 8.16. The van der Waals surface area contributed by atoms with Crippen molar-refractivity contribution >= 4 is 11.8 Å². The van der Waals surface area contributed by atoms with Crippen molar-refractivity contribution < 1.29 is 14.0 Å². The van der Waals surface area contributed by atoms with Crippen LogP contribution in [0.4, 0.5) is 4.39 Å². The minimum absolute atomic E-state index is 0.128. The number of aromatic nitrogens is 2. The van der Waals surface area contributed by atoms with Crippen molar-refractivity contribution in [2.75, 3.05) is 13.1 Å². The maximum atomic E-state index is 14.4. The van der Waals surface area contributed by atoms with Crippen LogP contribution >= 0.6 is 0 Å². The molecule has 6 nitrogen and oxygen atoms in total. The predicted octanol–water partition coefficient (Wildman–Crippen LogP) is 3.36. The Balaban J connectivity index is 1.56. The number of carbonyl (C=O) groups is 2. The molecule has 1 aromatic heterocycles. The van der Waals surface area contributed by atoms with E-state index in [2.05, 4.69) is 22.4 Å². The molecule has 7 heteroatoms. The Morgan fingerprint density at radius 3 is 2.45 bits per heavy atom. The number of benzene rings is 1. The monoisotopic (exact) mass is 396 g/mol. The predicted molar refractivity (Wildman–Crippen MR) is 107 cm³/mol. The molecule has 1 aliphatic carbocycles. The Morgan fingerprint density at radius 2 is 1.83 bits per heavy atom. The fraction of sp³-hybridized carbons (Fsp3) is 0.455. The zero-order valence-electron chi connectivity index (χ0n) is 16.7. The van der Waals surface area contributed by atoms with Gasteiger partial charge in [0.05, 0.1) is 5.69 Å². The summed E-state index contributed by atoms with van der Waals surface area (Å²) in [5.74, 6) is -0.245. The highest BCUT2D eigenvalue weighted by molar-refractivity contribution is 5.96. The first-order valence-electron chi connectivity index (χ1n) is 10.2. The summed E-state index contributed by atoms with van der Waals surface area (Å²) in [6.07, 6.45) is 3.91. The van der Waals surface area contributed by atoms with Crippen LogP contribution in [0.25, 0.3) is 11.3 Å². The Hall–Kier alpha value is -2.83. The number of rotatable bonds is 4. The smallest absolute Gasteiger partial charge is 0.274 e. The van der Waals surface area contributed by atoms with Crippen molar-refractivity contribution in [2.24, 2.45) is 5.92 Å². The molecule has 2 heterocycles. The van der Waals surface area contributed by atoms with E-state index in [1.165, 1.54) is 6.07 Å². The molecule has 1 N–H and O–H groups in total. The summed E-state index contributed by atoms with van der Waals surface area (Å²) >= 11 is 0. The Bertz CT molecular complexity index is 933. The average Bonchev–Trinajstić information content (AvgIpc) is 3.54. The highest BCUT2D eigenvalue weighted by Gasteiger charge is 2.25. The average molecular weight is 396 g/mol. The van der Waals surface area contributed by atoms with E-state index in [9.17, 15) is 14.0 Å². The molecule has 0 unspecified atom stereocenters. The fourth-order valence-electron chi connectivity index (χ4n) is 3.54. The van der Waals surface area contributed by atoms with Gasteiger partial charge in [-0.05, 0) is 68.4 Å². The molecule has 0 atom stereocenters. The third-order valence-corrected chi connectivity index (χ3v) is 5.75. The van der Waals surface area contributed by atoms with Crippen LogP contribution in [0.3, 0.4) is 0 Å². The Kier molecular flexibility index (Phi) is 5.30. The van der Waals surface area contributed by atoms with Gasteiger partial charge < -0.3 is 10.2 Å². The number of likely N-dealkylation sites (tertiary alicyclic amines) is 1. The van der Waals surface area contributed by atoms with Crippen molar-refractivity contribution in [3.8, 4) is 11.3 Å². The van der Waals surface area contributed by atoms with Crippen molar-refractivity contribution in [1.29, 1.82) is 0 Å². The van der Waals surface area contributed by atoms with Gasteiger partial charge in [0.2, 0.25) is 0 Å². The number of nitrogens with one attached hydrogen (secondary N) is 1. The first-order valence-corrected chi connectivity index (χ1v) is 10.2. The van der Waals surface area contributed by atoms with Crippen LogP contribution in [-0.4, -0.2) is 46.0 Å². The molecule has 0 spiro atoms. The van der Waals surface area contributed by atoms with E-state index in [1.54, 1.807) is 30.0 Å². The van der Waals surface area contributed by atoms with Crippen LogP contribution in [0.2, 0.25) is 0 Å². The molecular formula is C22H25FN4O2. The van der Waals surface area contributed by atoms with Gasteiger partial charge in [-0.15, -0.1) is 10.2 Å². The molecule has 1 aromatic carbocycles. The number of nitrogens with zero attached hydrogens (tertiary/aromatic N) is 3. The molecule has 0 radical (unpaired) electrons. The highest BCUT2D eigenvalue weighted by Crippen LogP contribution is 2.27. The summed E-state index contributed by atoms with van der Waals surface area (Å²) in [5.41, 5.74) is 1.88. The molecule has 29 heavy (non-hydrogen) atoms. The normalized spacial score (nSPS) is 17.3. The van der Waals surface area contributed by atoms with Gasteiger partial charge in [0.25, 0.3) is 11.8 Å². The van der Waals surface area contributed by atoms with E-state index >= 15 is 0 Å². The molecule has 152 valence electrons. The van der Waals surface area contributed by atoms with Crippen LogP contribution in [-0.2, 0) is 0 Å². The third-order valence-electron chi connectivity index (χ3n) is 5.75. The Labute approximate surface area is 169 Å². The molecule has 4 rings (SSSR count). The lowest BCUT2D eigenvalue weighted by molar-refractivity contribution is 0.0690. The van der Waals surface area contributed by atoms with Gasteiger partial charge >= 0.3 is 0 Å². The number of amides is 2. The molecule has 1 saturated heterocycles. The van der Waals surface area contributed by atoms with E-state index in [4.69, 9.17) is 0 Å². The lowest BCUT2D eigenvalue weighted by Gasteiger charge is -2.29. The van der Waals surface area contributed by atoms with Crippen LogP contribution in [0.5, 0.6) is 0 Å². The standard InChI is InChI=1S/C22H25FN4O2/c1-13-7-9-27(10-8-13)22(29)20-6-5-19(25-26-20)17-11-15(12-18(23)14(17)2)21(28)24-16-3-4-16/h5-6,11-13,16H,3-4,7-10H2,1-2H3,(H,24,28). The fourth-order valence-corrected chi connectivity index (χ4v) is 3.54. The van der Waals surface area contributed by atoms with Crippen molar-refractivity contribution in [1.82, 2.24) is 20.4 Å². The quantitative estimate of drug-likeness (QED) is 0.860. The molecule has 2 amide bonds. The Morgan fingerprint density at radius 1 is 1.10 bits per heavy atom. The molecular weight excluding hydrogens is 371 g/mol. The van der Waals surface area contributed by atoms with E-state index in [0.717, 1.165) is 38.8 Å². The number of halogens is 1. The number of hydrogen-bond acceptors (Lipinski definition) is 4. The minimum atomic E-state index is -0.465. The van der Waals surface area contributed by atoms with Gasteiger partial charge in [0.1, 0.15) is 5.82 Å². The maximum absolute atomic E-state index is 14.4. The van der Waals surface area contributed by atoms with Gasteiger partial charge in [-0.25, -0.2) is 4.39 Å². The van der Waals surface area contributed by atoms with Crippen LogP contribution in [0, 0.1) is 18.7 Å². The van der Waals surface area contributed by atoms with Gasteiger partial charge in [-0.1, -0.05) is 6.92 Å². The first-order chi connectivity index (χ1) is 13.9. The summed E-state index contributed by atoms with van der Waals surface area (Å²) in [4.78, 5) is 26.8. The van der Waals surface area contributed by atoms with Crippen molar-refractivity contribution in [3.63, 3.8) is 0 Å². The van der Waals surface area contributed by atoms with Gasteiger partial charge in [-0.2, -0.15) is 0 Å². The van der Waals surface area contributed by atoms with E-state index in [0.29, 0.717) is 22.7 Å². The van der Waals surface area contributed by atoms with Gasteiger partial charge in [-0.3, -0.25) is 9.59 Å². The summed E-state index contributed by atoms with van der Waals surface area (Å²) in [6, 6.07) is 6.36. The van der Waals surface area contributed by atoms with Crippen LogP contribution < -0.4 is 5.32 Å². The molecule has 0 bridgehead atoms. The van der Waals surface area contributed by atoms with Gasteiger partial charge in [0, 0.05) is 30.3 Å². The third kappa shape index (κ3) is 4.28. The maximum Gasteiger partial charge on any atom is 0.274 e. The van der Waals surface area contributed by atoms with Crippen molar-refractivity contribution in [3.05, 3.63) is 46.9 Å².